The number of rotatable bonds is 7. The third-order valence-corrected chi connectivity index (χ3v) is 7.73. The Labute approximate surface area is 223 Å². The minimum atomic E-state index is -0.940. The summed E-state index contributed by atoms with van der Waals surface area (Å²) in [6, 6.07) is 11.3. The number of carbonyl (C=O) groups is 3. The monoisotopic (exact) mass is 515 g/mol. The van der Waals surface area contributed by atoms with Crippen LogP contribution in [0.5, 0.6) is 0 Å². The average molecular weight is 516 g/mol. The van der Waals surface area contributed by atoms with Gasteiger partial charge in [0.2, 0.25) is 17.7 Å². The number of imidazole rings is 1. The third kappa shape index (κ3) is 4.79. The molecule has 1 aromatic heterocycles. The van der Waals surface area contributed by atoms with Crippen molar-refractivity contribution in [2.24, 2.45) is 18.9 Å². The molecule has 3 aromatic rings. The van der Waals surface area contributed by atoms with E-state index in [2.05, 4.69) is 27.8 Å². The minimum Gasteiger partial charge on any atom is -0.352 e. The summed E-state index contributed by atoms with van der Waals surface area (Å²) >= 11 is 0. The van der Waals surface area contributed by atoms with Gasteiger partial charge in [-0.2, -0.15) is 0 Å². The smallest absolute Gasteiger partial charge is 0.247 e. The minimum absolute atomic E-state index is 0.0558. The van der Waals surface area contributed by atoms with Gasteiger partial charge in [-0.1, -0.05) is 44.2 Å². The summed E-state index contributed by atoms with van der Waals surface area (Å²) in [6.07, 6.45) is 3.64. The molecule has 0 spiro atoms. The molecule has 2 N–H and O–H groups in total. The van der Waals surface area contributed by atoms with Gasteiger partial charge in [-0.3, -0.25) is 14.4 Å². The second-order valence-corrected chi connectivity index (χ2v) is 11.5. The van der Waals surface area contributed by atoms with E-state index in [1.165, 1.54) is 11.1 Å². The first-order valence-corrected chi connectivity index (χ1v) is 13.5. The van der Waals surface area contributed by atoms with Crippen LogP contribution in [0.15, 0.2) is 48.8 Å². The van der Waals surface area contributed by atoms with Gasteiger partial charge >= 0.3 is 0 Å². The fourth-order valence-corrected chi connectivity index (χ4v) is 5.99. The summed E-state index contributed by atoms with van der Waals surface area (Å²) in [4.78, 5) is 47.9. The fourth-order valence-electron chi connectivity index (χ4n) is 5.99. The van der Waals surface area contributed by atoms with Crippen LogP contribution in [0.25, 0.3) is 11.0 Å². The lowest BCUT2D eigenvalue weighted by molar-refractivity contribution is -0.158. The van der Waals surface area contributed by atoms with Gasteiger partial charge in [0.15, 0.2) is 0 Å². The van der Waals surface area contributed by atoms with Crippen LogP contribution in [0.2, 0.25) is 0 Å². The number of aromatic nitrogens is 2. The molecule has 1 unspecified atom stereocenters. The van der Waals surface area contributed by atoms with Crippen LogP contribution in [0.3, 0.4) is 0 Å². The van der Waals surface area contributed by atoms with Crippen molar-refractivity contribution in [1.82, 2.24) is 25.1 Å². The molecule has 38 heavy (non-hydrogen) atoms. The normalized spacial score (nSPS) is 20.8. The lowest BCUT2D eigenvalue weighted by atomic mass is 9.88. The maximum atomic E-state index is 14.4. The topological polar surface area (TPSA) is 96.3 Å². The molecule has 1 fully saturated rings. The van der Waals surface area contributed by atoms with Gasteiger partial charge in [0.25, 0.3) is 0 Å². The molecule has 0 radical (unpaired) electrons. The zero-order valence-corrected chi connectivity index (χ0v) is 22.8. The van der Waals surface area contributed by atoms with E-state index in [1.54, 1.807) is 11.2 Å². The van der Waals surface area contributed by atoms with Crippen molar-refractivity contribution in [2.75, 3.05) is 0 Å². The van der Waals surface area contributed by atoms with Gasteiger partial charge in [-0.05, 0) is 73.8 Å². The van der Waals surface area contributed by atoms with Crippen molar-refractivity contribution in [3.05, 3.63) is 65.5 Å². The molecule has 3 amide bonds. The summed E-state index contributed by atoms with van der Waals surface area (Å²) in [5.74, 6) is -0.571. The number of nitrogens with one attached hydrogen (secondary N) is 2. The van der Waals surface area contributed by atoms with Gasteiger partial charge in [0.05, 0.1) is 17.4 Å². The predicted molar refractivity (Wildman–Crippen MR) is 146 cm³/mol. The summed E-state index contributed by atoms with van der Waals surface area (Å²) in [5.41, 5.74) is 4.77. The van der Waals surface area contributed by atoms with E-state index in [1.807, 2.05) is 69.6 Å². The zero-order valence-electron chi connectivity index (χ0n) is 22.8. The largest absolute Gasteiger partial charge is 0.352 e. The van der Waals surface area contributed by atoms with Gasteiger partial charge in [-0.25, -0.2) is 4.98 Å². The maximum Gasteiger partial charge on any atom is 0.247 e. The second kappa shape index (κ2) is 10.2. The number of amides is 3. The van der Waals surface area contributed by atoms with Crippen molar-refractivity contribution >= 4 is 28.8 Å². The van der Waals surface area contributed by atoms with Crippen molar-refractivity contribution in [3.8, 4) is 0 Å². The molecule has 1 aliphatic heterocycles. The van der Waals surface area contributed by atoms with E-state index in [-0.39, 0.29) is 35.6 Å². The van der Waals surface area contributed by atoms with Crippen molar-refractivity contribution in [3.63, 3.8) is 0 Å². The Hall–Kier alpha value is -3.68. The van der Waals surface area contributed by atoms with E-state index < -0.39 is 18.1 Å². The number of carbonyl (C=O) groups excluding carboxylic acids is 3. The zero-order chi connectivity index (χ0) is 27.1. The standard InChI is InChI=1S/C30H37N5O3/c1-17(2)12-25-28(36)33-26(22-13-19-8-6-7-9-20(19)14-22)30(38)35(25)27(29(37)32-18(3)4)21-10-11-23-24(15-21)34(5)16-31-23/h6-11,15-18,22,25-27H,12-14H2,1-5H3,(H,32,37)(H,33,36)/t25-,26?,27-/m1/s1. The van der Waals surface area contributed by atoms with Gasteiger partial charge in [0.1, 0.15) is 18.1 Å². The Morgan fingerprint density at radius 2 is 1.76 bits per heavy atom. The summed E-state index contributed by atoms with van der Waals surface area (Å²) in [5, 5.41) is 6.09. The number of piperazine rings is 1. The van der Waals surface area contributed by atoms with Crippen LogP contribution in [0.1, 0.15) is 56.8 Å². The molecule has 0 saturated carbocycles. The molecule has 0 bridgehead atoms. The average Bonchev–Trinajstić information content (AvgIpc) is 3.46. The highest BCUT2D eigenvalue weighted by Crippen LogP contribution is 2.36. The summed E-state index contributed by atoms with van der Waals surface area (Å²) < 4.78 is 1.89. The van der Waals surface area contributed by atoms with Gasteiger partial charge in [0, 0.05) is 13.1 Å². The van der Waals surface area contributed by atoms with Crippen molar-refractivity contribution in [1.29, 1.82) is 0 Å². The summed E-state index contributed by atoms with van der Waals surface area (Å²) in [7, 11) is 1.90. The van der Waals surface area contributed by atoms with E-state index >= 15 is 0 Å². The first-order valence-electron chi connectivity index (χ1n) is 13.5. The SMILES string of the molecule is CC(C)C[C@@H]1C(=O)NC(C2Cc3ccccc3C2)C(=O)N1[C@@H](C(=O)NC(C)C)c1ccc2ncn(C)c2c1. The van der Waals surface area contributed by atoms with E-state index in [4.69, 9.17) is 0 Å². The van der Waals surface area contributed by atoms with E-state index in [0.717, 1.165) is 23.9 Å². The highest BCUT2D eigenvalue weighted by Gasteiger charge is 2.49. The van der Waals surface area contributed by atoms with Crippen molar-refractivity contribution < 1.29 is 14.4 Å². The Kier molecular flexibility index (Phi) is 6.99. The first kappa shape index (κ1) is 25.9. The number of nitrogens with zero attached hydrogens (tertiary/aromatic N) is 3. The lowest BCUT2D eigenvalue weighted by Crippen LogP contribution is -2.67. The predicted octanol–water partition coefficient (Wildman–Crippen LogP) is 3.30. The molecular weight excluding hydrogens is 478 g/mol. The molecule has 200 valence electrons. The molecule has 2 aromatic carbocycles. The Morgan fingerprint density at radius 1 is 1.08 bits per heavy atom. The van der Waals surface area contributed by atoms with Crippen LogP contribution in [0.4, 0.5) is 0 Å². The number of benzene rings is 2. The van der Waals surface area contributed by atoms with Crippen LogP contribution in [0, 0.1) is 11.8 Å². The Morgan fingerprint density at radius 3 is 2.39 bits per heavy atom. The number of fused-ring (bicyclic) bond motifs is 2. The summed E-state index contributed by atoms with van der Waals surface area (Å²) in [6.45, 7) is 7.85. The molecule has 8 nitrogen and oxygen atoms in total. The van der Waals surface area contributed by atoms with Crippen LogP contribution < -0.4 is 10.6 Å². The van der Waals surface area contributed by atoms with Gasteiger partial charge < -0.3 is 20.1 Å². The van der Waals surface area contributed by atoms with Crippen molar-refractivity contribution in [2.45, 2.75) is 71.1 Å². The van der Waals surface area contributed by atoms with E-state index in [9.17, 15) is 14.4 Å². The molecule has 2 heterocycles. The highest BCUT2D eigenvalue weighted by atomic mass is 16.2. The van der Waals surface area contributed by atoms with Gasteiger partial charge in [-0.15, -0.1) is 0 Å². The maximum absolute atomic E-state index is 14.4. The highest BCUT2D eigenvalue weighted by molar-refractivity contribution is 6.00. The van der Waals surface area contributed by atoms with E-state index in [0.29, 0.717) is 12.0 Å². The molecule has 5 rings (SSSR count). The third-order valence-electron chi connectivity index (χ3n) is 7.73. The molecule has 8 heteroatoms. The molecule has 3 atom stereocenters. The number of aryl methyl sites for hydroxylation is 1. The Bertz CT molecular complexity index is 1350. The molecular formula is C30H37N5O3. The van der Waals surface area contributed by atoms with Crippen LogP contribution in [-0.2, 0) is 34.3 Å². The molecule has 2 aliphatic rings. The number of hydrogen-bond acceptors (Lipinski definition) is 4. The Balaban J connectivity index is 1.58. The molecule has 1 aliphatic carbocycles. The van der Waals surface area contributed by atoms with Crippen LogP contribution in [-0.4, -0.2) is 50.3 Å². The fraction of sp³-hybridized carbons (Fsp3) is 0.467. The quantitative estimate of drug-likeness (QED) is 0.505. The number of hydrogen-bond donors (Lipinski definition) is 2. The second-order valence-electron chi connectivity index (χ2n) is 11.5. The molecule has 1 saturated heterocycles. The lowest BCUT2D eigenvalue weighted by Gasteiger charge is -2.45. The van der Waals surface area contributed by atoms with Crippen LogP contribution >= 0.6 is 0 Å². The first-order chi connectivity index (χ1) is 18.1.